The van der Waals surface area contributed by atoms with E-state index in [2.05, 4.69) is 4.72 Å². The highest BCUT2D eigenvalue weighted by molar-refractivity contribution is 7.92. The summed E-state index contributed by atoms with van der Waals surface area (Å²) in [4.78, 5) is 15.6. The Morgan fingerprint density at radius 2 is 1.66 bits per heavy atom. The fraction of sp³-hybridized carbons (Fsp3) is 0.500. The van der Waals surface area contributed by atoms with E-state index in [9.17, 15) is 44.7 Å². The first kappa shape index (κ1) is 32.5. The quantitative estimate of drug-likeness (QED) is 0.289. The first-order valence-electron chi connectivity index (χ1n) is 12.6. The second-order valence-electron chi connectivity index (χ2n) is 10.1. The van der Waals surface area contributed by atoms with Crippen molar-refractivity contribution in [3.05, 3.63) is 58.7 Å². The van der Waals surface area contributed by atoms with Crippen LogP contribution in [0.1, 0.15) is 61.9 Å². The number of rotatable bonds is 7. The number of hydrogen-bond acceptors (Lipinski definition) is 6. The van der Waals surface area contributed by atoms with E-state index in [-0.39, 0.29) is 36.0 Å². The third kappa shape index (κ3) is 8.49. The summed E-state index contributed by atoms with van der Waals surface area (Å²) in [6, 6.07) is 4.77. The highest BCUT2D eigenvalue weighted by Crippen LogP contribution is 2.41. The van der Waals surface area contributed by atoms with Crippen LogP contribution in [0, 0.1) is 0 Å². The SMILES string of the molecule is CC(C)OC(=O)N1CCCC(N(Cc2cc(C(F)(F)F)cc(C(F)(F)F)c2)C(C)O)c2ccc(NS(C)(=O)=O)cc21. The number of halogens is 6. The molecule has 2 N–H and O–H groups in total. The Labute approximate surface area is 233 Å². The second kappa shape index (κ2) is 12.1. The van der Waals surface area contributed by atoms with Crippen LogP contribution >= 0.6 is 0 Å². The van der Waals surface area contributed by atoms with Crippen molar-refractivity contribution in [2.75, 3.05) is 22.4 Å². The van der Waals surface area contributed by atoms with Crippen LogP contribution in [0.5, 0.6) is 0 Å². The van der Waals surface area contributed by atoms with Gasteiger partial charge in [-0.3, -0.25) is 14.5 Å². The van der Waals surface area contributed by atoms with Crippen LogP contribution < -0.4 is 9.62 Å². The zero-order valence-electron chi connectivity index (χ0n) is 22.7. The number of sulfonamides is 1. The van der Waals surface area contributed by atoms with Crippen LogP contribution in [-0.4, -0.2) is 49.6 Å². The number of carbonyl (C=O) groups is 1. The molecule has 2 unspecified atom stereocenters. The number of carbonyl (C=O) groups excluding carboxylic acids is 1. The second-order valence-corrected chi connectivity index (χ2v) is 11.9. The average Bonchev–Trinajstić information content (AvgIpc) is 2.99. The third-order valence-electron chi connectivity index (χ3n) is 6.29. The Bertz CT molecular complexity index is 1330. The molecule has 0 spiro atoms. The number of fused-ring (bicyclic) bond motifs is 1. The molecule has 0 fully saturated rings. The number of amides is 1. The number of alkyl halides is 6. The van der Waals surface area contributed by atoms with Gasteiger partial charge in [0, 0.05) is 19.1 Å². The summed E-state index contributed by atoms with van der Waals surface area (Å²) in [6.07, 6.45) is -11.1. The van der Waals surface area contributed by atoms with Crippen molar-refractivity contribution in [1.82, 2.24) is 4.90 Å². The minimum Gasteiger partial charge on any atom is -0.446 e. The lowest BCUT2D eigenvalue weighted by Gasteiger charge is -2.35. The van der Waals surface area contributed by atoms with Gasteiger partial charge >= 0.3 is 18.4 Å². The molecule has 1 heterocycles. The molecule has 1 aliphatic rings. The Hall–Kier alpha value is -3.04. The molecule has 41 heavy (non-hydrogen) atoms. The summed E-state index contributed by atoms with van der Waals surface area (Å²) in [5.41, 5.74) is -2.55. The van der Waals surface area contributed by atoms with Crippen molar-refractivity contribution in [1.29, 1.82) is 0 Å². The van der Waals surface area contributed by atoms with Crippen LogP contribution in [0.25, 0.3) is 0 Å². The van der Waals surface area contributed by atoms with Gasteiger partial charge in [-0.25, -0.2) is 13.2 Å². The van der Waals surface area contributed by atoms with Crippen LogP contribution in [0.3, 0.4) is 0 Å². The molecule has 2 aromatic carbocycles. The standard InChI is InChI=1S/C26H31F6N3O5S/c1-15(2)40-24(37)34-9-5-6-22(21-8-7-20(13-23(21)34)33-41(4,38)39)35(16(3)36)14-17-10-18(25(27,28)29)12-19(11-17)26(30,31)32/h7-8,10-13,15-16,22,33,36H,5-6,9,14H2,1-4H3. The fourth-order valence-corrected chi connectivity index (χ4v) is 5.23. The van der Waals surface area contributed by atoms with Gasteiger partial charge in [-0.15, -0.1) is 0 Å². The number of nitrogens with zero attached hydrogens (tertiary/aromatic N) is 2. The predicted molar refractivity (Wildman–Crippen MR) is 140 cm³/mol. The molecule has 0 aliphatic carbocycles. The van der Waals surface area contributed by atoms with Crippen molar-refractivity contribution < 1.29 is 49.4 Å². The molecule has 3 rings (SSSR count). The normalized spacial score (nSPS) is 17.3. The Kier molecular flexibility index (Phi) is 9.55. The molecular formula is C26H31F6N3O5S. The van der Waals surface area contributed by atoms with Crippen molar-refractivity contribution in [3.63, 3.8) is 0 Å². The van der Waals surface area contributed by atoms with Gasteiger partial charge in [0.25, 0.3) is 0 Å². The van der Waals surface area contributed by atoms with Gasteiger partial charge in [0.2, 0.25) is 10.0 Å². The van der Waals surface area contributed by atoms with Gasteiger partial charge in [-0.1, -0.05) is 6.07 Å². The molecule has 0 bridgehead atoms. The summed E-state index contributed by atoms with van der Waals surface area (Å²) >= 11 is 0. The lowest BCUT2D eigenvalue weighted by Crippen LogP contribution is -2.36. The van der Waals surface area contributed by atoms with Gasteiger partial charge < -0.3 is 9.84 Å². The highest BCUT2D eigenvalue weighted by Gasteiger charge is 2.38. The van der Waals surface area contributed by atoms with Gasteiger partial charge in [-0.05, 0) is 75.1 Å². The van der Waals surface area contributed by atoms with E-state index in [0.29, 0.717) is 24.1 Å². The summed E-state index contributed by atoms with van der Waals surface area (Å²) in [6.45, 7) is 4.23. The minimum absolute atomic E-state index is 0.0334. The number of benzene rings is 2. The van der Waals surface area contributed by atoms with E-state index in [1.165, 1.54) is 34.9 Å². The molecule has 0 saturated carbocycles. The number of aliphatic hydroxyl groups excluding tert-OH is 1. The molecule has 0 radical (unpaired) electrons. The minimum atomic E-state index is -5.04. The zero-order chi connectivity index (χ0) is 30.9. The number of hydrogen-bond donors (Lipinski definition) is 2. The maximum atomic E-state index is 13.5. The van der Waals surface area contributed by atoms with E-state index in [4.69, 9.17) is 4.74 Å². The largest absolute Gasteiger partial charge is 0.446 e. The van der Waals surface area contributed by atoms with Crippen LogP contribution in [0.4, 0.5) is 42.5 Å². The Balaban J connectivity index is 2.13. The topological polar surface area (TPSA) is 99.2 Å². The highest BCUT2D eigenvalue weighted by atomic mass is 32.2. The molecule has 228 valence electrons. The molecule has 0 saturated heterocycles. The summed E-state index contributed by atoms with van der Waals surface area (Å²) in [5, 5.41) is 10.7. The smallest absolute Gasteiger partial charge is 0.416 e. The predicted octanol–water partition coefficient (Wildman–Crippen LogP) is 6.12. The van der Waals surface area contributed by atoms with Crippen LogP contribution in [0.15, 0.2) is 36.4 Å². The first-order valence-corrected chi connectivity index (χ1v) is 14.5. The Morgan fingerprint density at radius 1 is 1.07 bits per heavy atom. The van der Waals surface area contributed by atoms with Crippen LogP contribution in [0.2, 0.25) is 0 Å². The summed E-state index contributed by atoms with van der Waals surface area (Å²) < 4.78 is 112. The molecule has 1 aliphatic heterocycles. The Morgan fingerprint density at radius 3 is 2.15 bits per heavy atom. The van der Waals surface area contributed by atoms with Crippen molar-refractivity contribution in [2.45, 2.75) is 70.9 Å². The van der Waals surface area contributed by atoms with Gasteiger partial charge in [0.1, 0.15) is 6.23 Å². The molecular weight excluding hydrogens is 580 g/mol. The van der Waals surface area contributed by atoms with Crippen molar-refractivity contribution >= 4 is 27.5 Å². The number of aliphatic hydroxyl groups is 1. The molecule has 2 atom stereocenters. The molecule has 15 heteroatoms. The molecule has 8 nitrogen and oxygen atoms in total. The first-order chi connectivity index (χ1) is 18.8. The monoisotopic (exact) mass is 611 g/mol. The number of anilines is 2. The van der Waals surface area contributed by atoms with Crippen LogP contribution in [-0.2, 0) is 33.7 Å². The fourth-order valence-electron chi connectivity index (χ4n) is 4.68. The van der Waals surface area contributed by atoms with E-state index in [1.54, 1.807) is 13.8 Å². The van der Waals surface area contributed by atoms with Gasteiger partial charge in [0.15, 0.2) is 0 Å². The maximum absolute atomic E-state index is 13.5. The summed E-state index contributed by atoms with van der Waals surface area (Å²) in [7, 11) is -3.70. The van der Waals surface area contributed by atoms with E-state index in [1.807, 2.05) is 0 Å². The summed E-state index contributed by atoms with van der Waals surface area (Å²) in [5.74, 6) is 0. The zero-order valence-corrected chi connectivity index (χ0v) is 23.5. The maximum Gasteiger partial charge on any atom is 0.416 e. The third-order valence-corrected chi connectivity index (χ3v) is 6.90. The van der Waals surface area contributed by atoms with Gasteiger partial charge in [0.05, 0.1) is 34.9 Å². The van der Waals surface area contributed by atoms with E-state index in [0.717, 1.165) is 6.26 Å². The van der Waals surface area contributed by atoms with E-state index >= 15 is 0 Å². The lowest BCUT2D eigenvalue weighted by molar-refractivity contribution is -0.143. The van der Waals surface area contributed by atoms with E-state index < -0.39 is 64.5 Å². The molecule has 2 aromatic rings. The number of ether oxygens (including phenoxy) is 1. The molecule has 1 amide bonds. The van der Waals surface area contributed by atoms with Crippen molar-refractivity contribution in [2.24, 2.45) is 0 Å². The lowest BCUT2D eigenvalue weighted by atomic mass is 9.97. The average molecular weight is 612 g/mol. The van der Waals surface area contributed by atoms with Gasteiger partial charge in [-0.2, -0.15) is 26.3 Å². The number of nitrogens with one attached hydrogen (secondary N) is 1. The van der Waals surface area contributed by atoms with Crippen molar-refractivity contribution in [3.8, 4) is 0 Å². The molecule has 0 aromatic heterocycles.